The van der Waals surface area contributed by atoms with Crippen molar-refractivity contribution in [1.82, 2.24) is 10.2 Å². The van der Waals surface area contributed by atoms with Crippen LogP contribution in [0.25, 0.3) is 0 Å². The number of nitrogens with zero attached hydrogens (tertiary/aromatic N) is 2. The second-order valence-corrected chi connectivity index (χ2v) is 6.00. The molecule has 1 unspecified atom stereocenters. The van der Waals surface area contributed by atoms with Crippen LogP contribution in [0.5, 0.6) is 0 Å². The number of hydrogen-bond acceptors (Lipinski definition) is 3. The molecule has 0 aliphatic carbocycles. The van der Waals surface area contributed by atoms with Gasteiger partial charge in [-0.2, -0.15) is 0 Å². The third kappa shape index (κ3) is 2.90. The third-order valence-electron chi connectivity index (χ3n) is 3.97. The Morgan fingerprint density at radius 2 is 2.05 bits per heavy atom. The Morgan fingerprint density at radius 3 is 2.68 bits per heavy atom. The molecule has 0 spiro atoms. The maximum absolute atomic E-state index is 14.1. The molecule has 1 fully saturated rings. The van der Waals surface area contributed by atoms with Crippen molar-refractivity contribution < 1.29 is 4.39 Å². The van der Waals surface area contributed by atoms with E-state index >= 15 is 0 Å². The minimum Gasteiger partial charge on any atom is -0.361 e. The average molecular weight is 265 g/mol. The van der Waals surface area contributed by atoms with Crippen LogP contribution < -0.4 is 10.2 Å². The molecule has 19 heavy (non-hydrogen) atoms. The number of benzene rings is 1. The topological polar surface area (TPSA) is 18.5 Å². The van der Waals surface area contributed by atoms with Crippen molar-refractivity contribution in [2.75, 3.05) is 38.6 Å². The molecule has 1 N–H and O–H groups in total. The van der Waals surface area contributed by atoms with Gasteiger partial charge in [-0.25, -0.2) is 4.39 Å². The summed E-state index contributed by atoms with van der Waals surface area (Å²) in [6.07, 6.45) is 0. The first-order valence-corrected chi connectivity index (χ1v) is 6.83. The van der Waals surface area contributed by atoms with Gasteiger partial charge in [-0.3, -0.25) is 4.90 Å². The van der Waals surface area contributed by atoms with E-state index in [1.807, 2.05) is 19.2 Å². The highest BCUT2D eigenvalue weighted by molar-refractivity contribution is 5.51. The summed E-state index contributed by atoms with van der Waals surface area (Å²) in [6.45, 7) is 7.02. The van der Waals surface area contributed by atoms with Crippen LogP contribution >= 0.6 is 0 Å². The van der Waals surface area contributed by atoms with Gasteiger partial charge in [0.25, 0.3) is 0 Å². The Balaban J connectivity index is 2.29. The lowest BCUT2D eigenvalue weighted by Crippen LogP contribution is -2.64. The second kappa shape index (κ2) is 5.47. The van der Waals surface area contributed by atoms with E-state index in [0.717, 1.165) is 19.6 Å². The predicted molar refractivity (Wildman–Crippen MR) is 78.2 cm³/mol. The fourth-order valence-corrected chi connectivity index (χ4v) is 2.97. The quantitative estimate of drug-likeness (QED) is 0.901. The minimum absolute atomic E-state index is 0.0683. The lowest BCUT2D eigenvalue weighted by Gasteiger charge is -2.51. The molecule has 4 heteroatoms. The molecule has 0 bridgehead atoms. The van der Waals surface area contributed by atoms with E-state index < -0.39 is 0 Å². The zero-order valence-corrected chi connectivity index (χ0v) is 12.3. The van der Waals surface area contributed by atoms with E-state index in [-0.39, 0.29) is 11.4 Å². The lowest BCUT2D eigenvalue weighted by atomic mass is 9.94. The lowest BCUT2D eigenvalue weighted by molar-refractivity contribution is 0.149. The van der Waals surface area contributed by atoms with Crippen molar-refractivity contribution in [3.05, 3.63) is 30.1 Å². The molecule has 0 aromatic heterocycles. The third-order valence-corrected chi connectivity index (χ3v) is 3.97. The average Bonchev–Trinajstić information content (AvgIpc) is 2.33. The highest BCUT2D eigenvalue weighted by Gasteiger charge is 2.37. The molecular weight excluding hydrogens is 241 g/mol. The summed E-state index contributed by atoms with van der Waals surface area (Å²) in [5, 5.41) is 3.22. The van der Waals surface area contributed by atoms with Crippen molar-refractivity contribution in [2.24, 2.45) is 0 Å². The molecule has 1 saturated heterocycles. The predicted octanol–water partition coefficient (Wildman–Crippen LogP) is 1.94. The van der Waals surface area contributed by atoms with Gasteiger partial charge < -0.3 is 10.2 Å². The summed E-state index contributed by atoms with van der Waals surface area (Å²) in [5.41, 5.74) is 0.642. The van der Waals surface area contributed by atoms with Crippen LogP contribution in [-0.2, 0) is 0 Å². The van der Waals surface area contributed by atoms with Crippen molar-refractivity contribution >= 4 is 5.69 Å². The van der Waals surface area contributed by atoms with E-state index in [2.05, 4.69) is 36.0 Å². The van der Waals surface area contributed by atoms with E-state index in [9.17, 15) is 4.39 Å². The van der Waals surface area contributed by atoms with Crippen LogP contribution in [0.15, 0.2) is 24.3 Å². The molecule has 1 atom stereocenters. The van der Waals surface area contributed by atoms with Crippen molar-refractivity contribution in [1.29, 1.82) is 0 Å². The van der Waals surface area contributed by atoms with Crippen molar-refractivity contribution in [3.63, 3.8) is 0 Å². The molecule has 2 rings (SSSR count). The molecule has 1 aliphatic heterocycles. The van der Waals surface area contributed by atoms with E-state index in [1.165, 1.54) is 6.07 Å². The van der Waals surface area contributed by atoms with E-state index in [0.29, 0.717) is 11.7 Å². The first kappa shape index (κ1) is 14.3. The summed E-state index contributed by atoms with van der Waals surface area (Å²) in [7, 11) is 4.10. The van der Waals surface area contributed by atoms with Gasteiger partial charge in [0, 0.05) is 31.2 Å². The largest absolute Gasteiger partial charge is 0.361 e. The number of para-hydroxylation sites is 1. The standard InChI is InChI=1S/C15H24FN3/c1-15(2)11-18(4)12(9-17-3)10-19(15)14-8-6-5-7-13(14)16/h5-8,12,17H,9-11H2,1-4H3. The molecule has 0 amide bonds. The normalized spacial score (nSPS) is 23.6. The highest BCUT2D eigenvalue weighted by atomic mass is 19.1. The Bertz CT molecular complexity index is 433. The summed E-state index contributed by atoms with van der Waals surface area (Å²) in [4.78, 5) is 4.55. The van der Waals surface area contributed by atoms with Crippen molar-refractivity contribution in [3.8, 4) is 0 Å². The first-order valence-electron chi connectivity index (χ1n) is 6.83. The Morgan fingerprint density at radius 1 is 1.37 bits per heavy atom. The van der Waals surface area contributed by atoms with Gasteiger partial charge in [-0.05, 0) is 40.1 Å². The molecule has 1 heterocycles. The van der Waals surface area contributed by atoms with Crippen LogP contribution in [0.2, 0.25) is 0 Å². The van der Waals surface area contributed by atoms with Gasteiger partial charge >= 0.3 is 0 Å². The van der Waals surface area contributed by atoms with Crippen LogP contribution in [0.1, 0.15) is 13.8 Å². The number of likely N-dealkylation sites (N-methyl/N-ethyl adjacent to an activating group) is 2. The first-order chi connectivity index (χ1) is 8.95. The fraction of sp³-hybridized carbons (Fsp3) is 0.600. The molecule has 0 radical (unpaired) electrons. The van der Waals surface area contributed by atoms with Gasteiger partial charge in [0.15, 0.2) is 0 Å². The molecule has 0 saturated carbocycles. The minimum atomic E-state index is -0.136. The van der Waals surface area contributed by atoms with Gasteiger partial charge in [0.2, 0.25) is 0 Å². The van der Waals surface area contributed by atoms with Crippen LogP contribution in [0, 0.1) is 5.82 Å². The fourth-order valence-electron chi connectivity index (χ4n) is 2.97. The second-order valence-electron chi connectivity index (χ2n) is 6.00. The molecule has 3 nitrogen and oxygen atoms in total. The zero-order chi connectivity index (χ0) is 14.0. The smallest absolute Gasteiger partial charge is 0.146 e. The maximum Gasteiger partial charge on any atom is 0.146 e. The molecule has 1 aromatic carbocycles. The highest BCUT2D eigenvalue weighted by Crippen LogP contribution is 2.31. The van der Waals surface area contributed by atoms with Gasteiger partial charge in [0.1, 0.15) is 5.82 Å². The Labute approximate surface area is 115 Å². The molecule has 106 valence electrons. The van der Waals surface area contributed by atoms with E-state index in [1.54, 1.807) is 6.07 Å². The van der Waals surface area contributed by atoms with Crippen LogP contribution in [0.3, 0.4) is 0 Å². The van der Waals surface area contributed by atoms with Crippen LogP contribution in [0.4, 0.5) is 10.1 Å². The maximum atomic E-state index is 14.1. The molecule has 1 aromatic rings. The van der Waals surface area contributed by atoms with Crippen molar-refractivity contribution in [2.45, 2.75) is 25.4 Å². The van der Waals surface area contributed by atoms with Gasteiger partial charge in [-0.1, -0.05) is 12.1 Å². The molecular formula is C15H24FN3. The number of piperazine rings is 1. The van der Waals surface area contributed by atoms with Gasteiger partial charge in [0.05, 0.1) is 5.69 Å². The number of nitrogens with one attached hydrogen (secondary N) is 1. The number of halogens is 1. The monoisotopic (exact) mass is 265 g/mol. The molecule has 1 aliphatic rings. The van der Waals surface area contributed by atoms with E-state index in [4.69, 9.17) is 0 Å². The summed E-state index contributed by atoms with van der Waals surface area (Å²) >= 11 is 0. The Hall–Kier alpha value is -1.13. The Kier molecular flexibility index (Phi) is 4.11. The number of rotatable bonds is 3. The summed E-state index contributed by atoms with van der Waals surface area (Å²) in [6, 6.07) is 7.46. The number of anilines is 1. The summed E-state index contributed by atoms with van der Waals surface area (Å²) in [5.74, 6) is -0.136. The zero-order valence-electron chi connectivity index (χ0n) is 12.3. The van der Waals surface area contributed by atoms with Gasteiger partial charge in [-0.15, -0.1) is 0 Å². The SMILES string of the molecule is CNCC1CN(c2ccccc2F)C(C)(C)CN1C. The van der Waals surface area contributed by atoms with Crippen LogP contribution in [-0.4, -0.2) is 50.2 Å². The number of hydrogen-bond donors (Lipinski definition) is 1. The summed E-state index contributed by atoms with van der Waals surface area (Å²) < 4.78 is 14.1.